The second-order valence-corrected chi connectivity index (χ2v) is 4.10. The van der Waals surface area contributed by atoms with Crippen molar-refractivity contribution in [2.24, 2.45) is 0 Å². The Bertz CT molecular complexity index is 558. The van der Waals surface area contributed by atoms with Gasteiger partial charge < -0.3 is 14.5 Å². The molecule has 0 saturated heterocycles. The molecule has 0 aliphatic carbocycles. The van der Waals surface area contributed by atoms with E-state index in [0.29, 0.717) is 11.1 Å². The van der Waals surface area contributed by atoms with Crippen molar-refractivity contribution < 1.29 is 9.15 Å². The highest BCUT2D eigenvalue weighted by Crippen LogP contribution is 2.17. The summed E-state index contributed by atoms with van der Waals surface area (Å²) in [5.41, 5.74) is 2.18. The maximum Gasteiger partial charge on any atom is 0.417 e. The Morgan fingerprint density at radius 2 is 2.18 bits per heavy atom. The third-order valence-electron chi connectivity index (χ3n) is 2.89. The lowest BCUT2D eigenvalue weighted by Gasteiger charge is -2.20. The van der Waals surface area contributed by atoms with Crippen molar-refractivity contribution in [2.45, 2.75) is 26.0 Å². The number of hydrogen-bond donors (Lipinski definition) is 2. The maximum absolute atomic E-state index is 11.0. The zero-order chi connectivity index (χ0) is 12.4. The van der Waals surface area contributed by atoms with Gasteiger partial charge in [0, 0.05) is 18.8 Å². The first kappa shape index (κ1) is 11.7. The Hall–Kier alpha value is -1.75. The minimum atomic E-state index is -0.435. The van der Waals surface area contributed by atoms with E-state index >= 15 is 0 Å². The van der Waals surface area contributed by atoms with Crippen LogP contribution < -0.4 is 11.1 Å². The van der Waals surface area contributed by atoms with Gasteiger partial charge in [-0.05, 0) is 32.0 Å². The predicted molar refractivity (Wildman–Crippen MR) is 66.4 cm³/mol. The van der Waals surface area contributed by atoms with Crippen LogP contribution in [0.25, 0.3) is 11.1 Å². The Morgan fingerprint density at radius 3 is 2.88 bits per heavy atom. The van der Waals surface area contributed by atoms with Crippen molar-refractivity contribution in [3.8, 4) is 0 Å². The molecule has 17 heavy (non-hydrogen) atoms. The number of benzene rings is 1. The summed E-state index contributed by atoms with van der Waals surface area (Å²) in [5.74, 6) is -0.435. The van der Waals surface area contributed by atoms with Gasteiger partial charge in [0.15, 0.2) is 5.58 Å². The van der Waals surface area contributed by atoms with Gasteiger partial charge in [0.25, 0.3) is 0 Å². The van der Waals surface area contributed by atoms with Crippen LogP contribution in [-0.2, 0) is 4.74 Å². The minimum absolute atomic E-state index is 0.106. The van der Waals surface area contributed by atoms with Gasteiger partial charge in [-0.3, -0.25) is 4.98 Å². The average Bonchev–Trinajstić information content (AvgIpc) is 2.67. The molecule has 5 nitrogen and oxygen atoms in total. The average molecular weight is 236 g/mol. The fourth-order valence-electron chi connectivity index (χ4n) is 1.63. The van der Waals surface area contributed by atoms with E-state index in [-0.39, 0.29) is 12.1 Å². The summed E-state index contributed by atoms with van der Waals surface area (Å²) in [7, 11) is 1.68. The number of hydrogen-bond acceptors (Lipinski definition) is 4. The van der Waals surface area contributed by atoms with Gasteiger partial charge in [-0.25, -0.2) is 4.79 Å². The molecule has 0 aliphatic heterocycles. The summed E-state index contributed by atoms with van der Waals surface area (Å²) in [6.07, 6.45) is 0.106. The molecule has 5 heteroatoms. The van der Waals surface area contributed by atoms with Crippen LogP contribution in [0.5, 0.6) is 0 Å². The van der Waals surface area contributed by atoms with Crippen LogP contribution >= 0.6 is 0 Å². The van der Waals surface area contributed by atoms with Crippen molar-refractivity contribution in [3.63, 3.8) is 0 Å². The molecular formula is C12H16N2O3. The van der Waals surface area contributed by atoms with E-state index in [1.807, 2.05) is 26.0 Å². The molecule has 2 unspecified atom stereocenters. The fourth-order valence-corrected chi connectivity index (χ4v) is 1.63. The topological polar surface area (TPSA) is 67.3 Å². The van der Waals surface area contributed by atoms with E-state index in [4.69, 9.17) is 9.15 Å². The molecule has 2 aromatic rings. The Labute approximate surface area is 98.8 Å². The number of ether oxygens (including phenoxy) is 1. The van der Waals surface area contributed by atoms with E-state index < -0.39 is 5.76 Å². The summed E-state index contributed by atoms with van der Waals surface area (Å²) >= 11 is 0. The number of methoxy groups -OCH3 is 1. The van der Waals surface area contributed by atoms with Crippen LogP contribution in [-0.4, -0.2) is 24.2 Å². The van der Waals surface area contributed by atoms with Crippen molar-refractivity contribution in [3.05, 3.63) is 28.7 Å². The Morgan fingerprint density at radius 1 is 1.41 bits per heavy atom. The number of anilines is 1. The summed E-state index contributed by atoms with van der Waals surface area (Å²) in [5, 5.41) is 3.31. The zero-order valence-corrected chi connectivity index (χ0v) is 10.1. The van der Waals surface area contributed by atoms with E-state index in [1.54, 1.807) is 13.2 Å². The van der Waals surface area contributed by atoms with Crippen LogP contribution in [0.15, 0.2) is 27.4 Å². The van der Waals surface area contributed by atoms with E-state index in [1.165, 1.54) is 0 Å². The zero-order valence-electron chi connectivity index (χ0n) is 10.1. The first-order valence-electron chi connectivity index (χ1n) is 5.52. The third kappa shape index (κ3) is 2.50. The number of oxazole rings is 1. The molecule has 0 fully saturated rings. The first-order valence-corrected chi connectivity index (χ1v) is 5.52. The van der Waals surface area contributed by atoms with Crippen molar-refractivity contribution >= 4 is 16.8 Å². The highest BCUT2D eigenvalue weighted by Gasteiger charge is 2.11. The molecule has 2 N–H and O–H groups in total. The van der Waals surface area contributed by atoms with E-state index in [2.05, 4.69) is 10.3 Å². The van der Waals surface area contributed by atoms with Gasteiger partial charge in [-0.15, -0.1) is 0 Å². The normalized spacial score (nSPS) is 14.8. The molecule has 0 aliphatic rings. The number of rotatable bonds is 4. The highest BCUT2D eigenvalue weighted by molar-refractivity contribution is 5.76. The number of nitrogens with one attached hydrogen (secondary N) is 2. The second-order valence-electron chi connectivity index (χ2n) is 4.10. The summed E-state index contributed by atoms with van der Waals surface area (Å²) in [4.78, 5) is 13.6. The number of aromatic amines is 1. The van der Waals surface area contributed by atoms with Crippen LogP contribution in [0, 0.1) is 0 Å². The smallest absolute Gasteiger partial charge is 0.408 e. The molecule has 2 atom stereocenters. The standard InChI is InChI=1S/C12H16N2O3/c1-7(8(2)16-3)13-9-4-5-11-10(6-9)14-12(15)17-11/h4-8,13H,1-3H3,(H,14,15). The van der Waals surface area contributed by atoms with E-state index in [9.17, 15) is 4.79 Å². The van der Waals surface area contributed by atoms with Crippen molar-refractivity contribution in [1.29, 1.82) is 0 Å². The lowest BCUT2D eigenvalue weighted by molar-refractivity contribution is 0.106. The second kappa shape index (κ2) is 4.63. The van der Waals surface area contributed by atoms with Gasteiger partial charge in [0.05, 0.1) is 11.6 Å². The van der Waals surface area contributed by atoms with Gasteiger partial charge in [0.1, 0.15) is 0 Å². The van der Waals surface area contributed by atoms with Gasteiger partial charge in [0.2, 0.25) is 0 Å². The number of H-pyrrole nitrogens is 1. The van der Waals surface area contributed by atoms with Gasteiger partial charge in [-0.1, -0.05) is 0 Å². The largest absolute Gasteiger partial charge is 0.417 e. The minimum Gasteiger partial charge on any atom is -0.408 e. The number of fused-ring (bicyclic) bond motifs is 1. The van der Waals surface area contributed by atoms with Crippen LogP contribution in [0.4, 0.5) is 5.69 Å². The molecule has 1 heterocycles. The van der Waals surface area contributed by atoms with Gasteiger partial charge >= 0.3 is 5.76 Å². The van der Waals surface area contributed by atoms with Crippen LogP contribution in [0.3, 0.4) is 0 Å². The molecule has 2 rings (SSSR count). The molecule has 0 amide bonds. The molecular weight excluding hydrogens is 220 g/mol. The third-order valence-corrected chi connectivity index (χ3v) is 2.89. The molecule has 1 aromatic heterocycles. The summed E-state index contributed by atoms with van der Waals surface area (Å²) in [6, 6.07) is 5.66. The monoisotopic (exact) mass is 236 g/mol. The Kier molecular flexibility index (Phi) is 3.19. The van der Waals surface area contributed by atoms with Crippen LogP contribution in [0.1, 0.15) is 13.8 Å². The quantitative estimate of drug-likeness (QED) is 0.851. The molecule has 0 bridgehead atoms. The first-order chi connectivity index (χ1) is 8.10. The maximum atomic E-state index is 11.0. The lowest BCUT2D eigenvalue weighted by Crippen LogP contribution is -2.29. The fraction of sp³-hybridized carbons (Fsp3) is 0.417. The van der Waals surface area contributed by atoms with Crippen molar-refractivity contribution in [2.75, 3.05) is 12.4 Å². The summed E-state index contributed by atoms with van der Waals surface area (Å²) in [6.45, 7) is 4.03. The molecule has 0 spiro atoms. The number of aromatic nitrogens is 1. The molecule has 0 radical (unpaired) electrons. The SMILES string of the molecule is COC(C)C(C)Nc1ccc2oc(=O)[nH]c2c1. The summed E-state index contributed by atoms with van der Waals surface area (Å²) < 4.78 is 10.2. The highest BCUT2D eigenvalue weighted by atomic mass is 16.5. The molecule has 92 valence electrons. The molecule has 1 aromatic carbocycles. The van der Waals surface area contributed by atoms with Crippen LogP contribution in [0.2, 0.25) is 0 Å². The van der Waals surface area contributed by atoms with E-state index in [0.717, 1.165) is 5.69 Å². The predicted octanol–water partition coefficient (Wildman–Crippen LogP) is 1.96. The van der Waals surface area contributed by atoms with Crippen molar-refractivity contribution in [1.82, 2.24) is 4.98 Å². The molecule has 0 saturated carbocycles. The van der Waals surface area contributed by atoms with Gasteiger partial charge in [-0.2, -0.15) is 0 Å². The lowest BCUT2D eigenvalue weighted by atomic mass is 10.2. The Balaban J connectivity index is 2.21.